The summed E-state index contributed by atoms with van der Waals surface area (Å²) in [6.45, 7) is 3.57. The van der Waals surface area contributed by atoms with E-state index in [4.69, 9.17) is 10.2 Å². The molecular formula is C36H38N4O4. The first-order chi connectivity index (χ1) is 21.6. The molecule has 4 N–H and O–H groups in total. The molecule has 0 spiro atoms. The van der Waals surface area contributed by atoms with E-state index in [-0.39, 0.29) is 25.0 Å². The van der Waals surface area contributed by atoms with E-state index in [1.165, 1.54) is 0 Å². The number of nitrogens with zero attached hydrogens (tertiary/aromatic N) is 2. The number of carbonyl (C=O) groups excluding carboxylic acids is 2. The number of rotatable bonds is 11. The second-order valence-electron chi connectivity index (χ2n) is 11.2. The van der Waals surface area contributed by atoms with Crippen molar-refractivity contribution < 1.29 is 19.8 Å². The van der Waals surface area contributed by atoms with E-state index in [9.17, 15) is 9.59 Å². The molecule has 2 amide bonds. The summed E-state index contributed by atoms with van der Waals surface area (Å²) in [4.78, 5) is 31.1. The predicted molar refractivity (Wildman–Crippen MR) is 173 cm³/mol. The van der Waals surface area contributed by atoms with Crippen molar-refractivity contribution in [3.63, 3.8) is 0 Å². The van der Waals surface area contributed by atoms with Gasteiger partial charge in [0.15, 0.2) is 0 Å². The van der Waals surface area contributed by atoms with Gasteiger partial charge in [0.2, 0.25) is 0 Å². The van der Waals surface area contributed by atoms with Crippen LogP contribution in [0.15, 0.2) is 84.9 Å². The van der Waals surface area contributed by atoms with Crippen LogP contribution in [0.1, 0.15) is 43.0 Å². The van der Waals surface area contributed by atoms with Crippen molar-refractivity contribution in [3.8, 4) is 11.1 Å². The van der Waals surface area contributed by atoms with E-state index in [0.29, 0.717) is 50.4 Å². The maximum absolute atomic E-state index is 13.7. The quantitative estimate of drug-likeness (QED) is 0.198. The predicted octanol–water partition coefficient (Wildman–Crippen LogP) is 3.92. The molecular weight excluding hydrogens is 552 g/mol. The fourth-order valence-corrected chi connectivity index (χ4v) is 6.36. The van der Waals surface area contributed by atoms with E-state index in [1.54, 1.807) is 0 Å². The Hall–Kier alpha value is -4.34. The lowest BCUT2D eigenvalue weighted by molar-refractivity contribution is 0.0981. The van der Waals surface area contributed by atoms with Crippen molar-refractivity contribution in [3.05, 3.63) is 118 Å². The van der Waals surface area contributed by atoms with Crippen molar-refractivity contribution in [2.75, 3.05) is 49.2 Å². The Morgan fingerprint density at radius 2 is 1.05 bits per heavy atom. The van der Waals surface area contributed by atoms with Gasteiger partial charge in [-0.3, -0.25) is 9.59 Å². The lowest BCUT2D eigenvalue weighted by Crippen LogP contribution is -2.29. The number of hydrogen-bond donors (Lipinski definition) is 4. The zero-order valence-electron chi connectivity index (χ0n) is 24.8. The Morgan fingerprint density at radius 3 is 1.48 bits per heavy atom. The van der Waals surface area contributed by atoms with Crippen LogP contribution in [0.5, 0.6) is 0 Å². The zero-order valence-corrected chi connectivity index (χ0v) is 24.8. The third-order valence-corrected chi connectivity index (χ3v) is 8.42. The van der Waals surface area contributed by atoms with Crippen molar-refractivity contribution in [1.29, 1.82) is 0 Å². The molecule has 0 unspecified atom stereocenters. The van der Waals surface area contributed by atoms with Gasteiger partial charge in [0.25, 0.3) is 11.8 Å². The van der Waals surface area contributed by atoms with E-state index in [1.807, 2.05) is 82.6 Å². The molecule has 0 saturated heterocycles. The standard InChI is InChI=1S/C36H38N4O4/c41-19-15-37-23-25-5-1-7-27(21-25)35(43)39-17-13-31-29(9-3-11-33(31)39)30-10-4-12-34-32(30)14-18-40(34)36(44)28-8-2-6-26(22-28)24-38-16-20-42/h1-12,21-22,37-38,41-42H,13-20,23-24H2. The van der Waals surface area contributed by atoms with Gasteiger partial charge >= 0.3 is 0 Å². The lowest BCUT2D eigenvalue weighted by atomic mass is 9.93. The molecule has 2 aliphatic rings. The van der Waals surface area contributed by atoms with Crippen molar-refractivity contribution in [2.45, 2.75) is 25.9 Å². The van der Waals surface area contributed by atoms with Gasteiger partial charge in [-0.25, -0.2) is 0 Å². The highest BCUT2D eigenvalue weighted by Crippen LogP contribution is 2.42. The monoisotopic (exact) mass is 590 g/mol. The summed E-state index contributed by atoms with van der Waals surface area (Å²) >= 11 is 0. The molecule has 0 atom stereocenters. The topological polar surface area (TPSA) is 105 Å². The molecule has 0 aromatic heterocycles. The van der Waals surface area contributed by atoms with Gasteiger partial charge in [-0.15, -0.1) is 0 Å². The molecule has 2 heterocycles. The number of fused-ring (bicyclic) bond motifs is 2. The van der Waals surface area contributed by atoms with Crippen molar-refractivity contribution in [2.24, 2.45) is 0 Å². The molecule has 6 rings (SSSR count). The SMILES string of the molecule is O=C(c1cccc(CNCCO)c1)N1CCc2c(-c3cccc4c3CCN4C(=O)c3cccc(CNCCO)c3)cccc21. The molecule has 8 nitrogen and oxygen atoms in total. The summed E-state index contributed by atoms with van der Waals surface area (Å²) in [5.74, 6) is -0.0393. The van der Waals surface area contributed by atoms with Gasteiger partial charge in [0.1, 0.15) is 0 Å². The first-order valence-corrected chi connectivity index (χ1v) is 15.3. The molecule has 4 aromatic carbocycles. The van der Waals surface area contributed by atoms with Gasteiger partial charge in [-0.05, 0) is 82.6 Å². The van der Waals surface area contributed by atoms with Crippen molar-refractivity contribution in [1.82, 2.24) is 10.6 Å². The molecule has 0 radical (unpaired) electrons. The molecule has 8 heteroatoms. The Bertz CT molecular complexity index is 1550. The molecule has 0 saturated carbocycles. The van der Waals surface area contributed by atoms with E-state index in [2.05, 4.69) is 22.8 Å². The second kappa shape index (κ2) is 13.5. The maximum atomic E-state index is 13.7. The summed E-state index contributed by atoms with van der Waals surface area (Å²) < 4.78 is 0. The summed E-state index contributed by atoms with van der Waals surface area (Å²) in [5, 5.41) is 24.5. The average molecular weight is 591 g/mol. The largest absolute Gasteiger partial charge is 0.395 e. The van der Waals surface area contributed by atoms with Gasteiger partial charge in [-0.2, -0.15) is 0 Å². The fourth-order valence-electron chi connectivity index (χ4n) is 6.36. The molecule has 0 aliphatic carbocycles. The summed E-state index contributed by atoms with van der Waals surface area (Å²) in [6.07, 6.45) is 1.52. The number of benzene rings is 4. The molecule has 2 aliphatic heterocycles. The van der Waals surface area contributed by atoms with Crippen molar-refractivity contribution >= 4 is 23.2 Å². The van der Waals surface area contributed by atoms with E-state index < -0.39 is 0 Å². The molecule has 0 bridgehead atoms. The van der Waals surface area contributed by atoms with Crippen LogP contribution in [0.2, 0.25) is 0 Å². The summed E-state index contributed by atoms with van der Waals surface area (Å²) in [5.41, 5.74) is 9.71. The Labute approximate surface area is 258 Å². The third kappa shape index (κ3) is 6.02. The number of hydrogen-bond acceptors (Lipinski definition) is 6. The minimum absolute atomic E-state index is 0.0197. The van der Waals surface area contributed by atoms with E-state index in [0.717, 1.165) is 57.6 Å². The number of aliphatic hydroxyl groups is 2. The molecule has 226 valence electrons. The number of nitrogens with one attached hydrogen (secondary N) is 2. The minimum Gasteiger partial charge on any atom is -0.395 e. The smallest absolute Gasteiger partial charge is 0.258 e. The number of aliphatic hydroxyl groups excluding tert-OH is 2. The van der Waals surface area contributed by atoms with Crippen LogP contribution in [0.3, 0.4) is 0 Å². The van der Waals surface area contributed by atoms with Crippen LogP contribution in [0.25, 0.3) is 11.1 Å². The zero-order chi connectivity index (χ0) is 30.5. The van der Waals surface area contributed by atoms with Crippen LogP contribution in [-0.2, 0) is 25.9 Å². The highest BCUT2D eigenvalue weighted by molar-refractivity contribution is 6.09. The van der Waals surface area contributed by atoms with Crippen LogP contribution < -0.4 is 20.4 Å². The second-order valence-corrected chi connectivity index (χ2v) is 11.2. The Kier molecular flexibility index (Phi) is 9.14. The van der Waals surface area contributed by atoms with Gasteiger partial charge in [-0.1, -0.05) is 48.5 Å². The number of amides is 2. The van der Waals surface area contributed by atoms with E-state index >= 15 is 0 Å². The number of carbonyl (C=O) groups is 2. The number of anilines is 2. The third-order valence-electron chi connectivity index (χ3n) is 8.42. The van der Waals surface area contributed by atoms with Crippen LogP contribution in [-0.4, -0.2) is 61.4 Å². The highest BCUT2D eigenvalue weighted by Gasteiger charge is 2.31. The first-order valence-electron chi connectivity index (χ1n) is 15.3. The van der Waals surface area contributed by atoms with Crippen LogP contribution in [0, 0.1) is 0 Å². The minimum atomic E-state index is -0.0197. The highest BCUT2D eigenvalue weighted by atomic mass is 16.3. The maximum Gasteiger partial charge on any atom is 0.258 e. The Balaban J connectivity index is 1.25. The van der Waals surface area contributed by atoms with Crippen LogP contribution in [0.4, 0.5) is 11.4 Å². The molecule has 4 aromatic rings. The van der Waals surface area contributed by atoms with Gasteiger partial charge < -0.3 is 30.6 Å². The lowest BCUT2D eigenvalue weighted by Gasteiger charge is -2.20. The van der Waals surface area contributed by atoms with Gasteiger partial charge in [0.05, 0.1) is 13.2 Å². The first kappa shape index (κ1) is 29.7. The Morgan fingerprint density at radius 1 is 0.614 bits per heavy atom. The summed E-state index contributed by atoms with van der Waals surface area (Å²) in [6, 6.07) is 27.7. The van der Waals surface area contributed by atoms with Gasteiger partial charge in [0, 0.05) is 61.8 Å². The molecule has 0 fully saturated rings. The average Bonchev–Trinajstić information content (AvgIpc) is 3.70. The van der Waals surface area contributed by atoms with Crippen LogP contribution >= 0.6 is 0 Å². The normalized spacial score (nSPS) is 13.7. The fraction of sp³-hybridized carbons (Fsp3) is 0.278. The molecule has 44 heavy (non-hydrogen) atoms. The summed E-state index contributed by atoms with van der Waals surface area (Å²) in [7, 11) is 0.